The number of nitrogens with zero attached hydrogens (tertiary/aromatic N) is 3. The first kappa shape index (κ1) is 14.5. The summed E-state index contributed by atoms with van der Waals surface area (Å²) in [5, 5.41) is 29.1. The molecule has 1 fully saturated rings. The minimum Gasteiger partial charge on any atom is -0.345 e. The van der Waals surface area contributed by atoms with Gasteiger partial charge in [0, 0.05) is 18.5 Å². The van der Waals surface area contributed by atoms with E-state index in [0.717, 1.165) is 5.56 Å². The summed E-state index contributed by atoms with van der Waals surface area (Å²) in [6.45, 7) is 0. The molecule has 21 heavy (non-hydrogen) atoms. The Labute approximate surface area is 120 Å². The SMILES string of the molecule is N#CC(C#N)=C(C#N)Nc1cccc(C2CC(F)(F)C2)c1. The van der Waals surface area contributed by atoms with Crippen molar-refractivity contribution in [2.45, 2.75) is 24.7 Å². The quantitative estimate of drug-likeness (QED) is 0.862. The molecule has 6 heteroatoms. The molecule has 0 atom stereocenters. The van der Waals surface area contributed by atoms with E-state index < -0.39 is 5.92 Å². The summed E-state index contributed by atoms with van der Waals surface area (Å²) in [5.74, 6) is -2.80. The zero-order chi connectivity index (χ0) is 15.5. The Bertz CT molecular complexity index is 692. The number of hydrogen-bond acceptors (Lipinski definition) is 4. The topological polar surface area (TPSA) is 83.4 Å². The van der Waals surface area contributed by atoms with Gasteiger partial charge in [0.15, 0.2) is 5.57 Å². The number of anilines is 1. The van der Waals surface area contributed by atoms with E-state index in [2.05, 4.69) is 5.32 Å². The second-order valence-electron chi connectivity index (χ2n) is 4.80. The van der Waals surface area contributed by atoms with Gasteiger partial charge in [0.2, 0.25) is 5.92 Å². The summed E-state index contributed by atoms with van der Waals surface area (Å²) in [5.41, 5.74) is 0.759. The summed E-state index contributed by atoms with van der Waals surface area (Å²) in [6, 6.07) is 11.7. The van der Waals surface area contributed by atoms with Crippen molar-refractivity contribution < 1.29 is 8.78 Å². The predicted molar refractivity (Wildman–Crippen MR) is 70.9 cm³/mol. The van der Waals surface area contributed by atoms with Gasteiger partial charge in [-0.15, -0.1) is 0 Å². The Morgan fingerprint density at radius 1 is 1.14 bits per heavy atom. The Kier molecular flexibility index (Phi) is 3.87. The standard InChI is InChI=1S/C15H10F2N4/c16-15(17)5-11(6-15)10-2-1-3-13(4-10)21-14(9-20)12(7-18)8-19/h1-4,11,21H,5-6H2. The van der Waals surface area contributed by atoms with Crippen LogP contribution in [0.1, 0.15) is 24.3 Å². The third-order valence-corrected chi connectivity index (χ3v) is 3.30. The maximum absolute atomic E-state index is 12.9. The maximum atomic E-state index is 12.9. The molecule has 0 heterocycles. The lowest BCUT2D eigenvalue weighted by molar-refractivity contribution is -0.0867. The van der Waals surface area contributed by atoms with Gasteiger partial charge in [-0.3, -0.25) is 0 Å². The van der Waals surface area contributed by atoms with E-state index in [-0.39, 0.29) is 30.0 Å². The largest absolute Gasteiger partial charge is 0.345 e. The van der Waals surface area contributed by atoms with Crippen LogP contribution < -0.4 is 5.32 Å². The van der Waals surface area contributed by atoms with Crippen LogP contribution >= 0.6 is 0 Å². The number of hydrogen-bond donors (Lipinski definition) is 1. The molecule has 0 aromatic heterocycles. The third-order valence-electron chi connectivity index (χ3n) is 3.30. The van der Waals surface area contributed by atoms with E-state index in [1.54, 1.807) is 42.5 Å². The van der Waals surface area contributed by atoms with E-state index in [4.69, 9.17) is 15.8 Å². The molecular weight excluding hydrogens is 274 g/mol. The molecule has 0 bridgehead atoms. The van der Waals surface area contributed by atoms with Crippen molar-refractivity contribution in [1.29, 1.82) is 15.8 Å². The smallest absolute Gasteiger partial charge is 0.249 e. The maximum Gasteiger partial charge on any atom is 0.249 e. The molecule has 104 valence electrons. The van der Waals surface area contributed by atoms with Gasteiger partial charge in [0.05, 0.1) is 0 Å². The second-order valence-corrected chi connectivity index (χ2v) is 4.80. The Balaban J connectivity index is 2.20. The van der Waals surface area contributed by atoms with Gasteiger partial charge in [0.25, 0.3) is 0 Å². The average Bonchev–Trinajstić information content (AvgIpc) is 2.45. The fourth-order valence-corrected chi connectivity index (χ4v) is 2.19. The van der Waals surface area contributed by atoms with Gasteiger partial charge >= 0.3 is 0 Å². The molecule has 0 spiro atoms. The van der Waals surface area contributed by atoms with E-state index in [1.807, 2.05) is 0 Å². The van der Waals surface area contributed by atoms with Crippen LogP contribution in [0.2, 0.25) is 0 Å². The minimum absolute atomic E-state index is 0.156. The van der Waals surface area contributed by atoms with Crippen LogP contribution in [-0.2, 0) is 0 Å². The lowest BCUT2D eigenvalue weighted by Gasteiger charge is -2.35. The third kappa shape index (κ3) is 3.16. The van der Waals surface area contributed by atoms with Crippen LogP contribution in [0, 0.1) is 34.0 Å². The number of alkyl halides is 2. The van der Waals surface area contributed by atoms with Crippen LogP contribution in [0.3, 0.4) is 0 Å². The fraction of sp³-hybridized carbons (Fsp3) is 0.267. The highest BCUT2D eigenvalue weighted by molar-refractivity contribution is 5.59. The first-order valence-electron chi connectivity index (χ1n) is 6.18. The van der Waals surface area contributed by atoms with Crippen molar-refractivity contribution in [2.75, 3.05) is 5.32 Å². The summed E-state index contributed by atoms with van der Waals surface area (Å²) >= 11 is 0. The van der Waals surface area contributed by atoms with Crippen molar-refractivity contribution in [2.24, 2.45) is 0 Å². The Morgan fingerprint density at radius 3 is 2.33 bits per heavy atom. The fourth-order valence-electron chi connectivity index (χ4n) is 2.19. The molecule has 1 saturated carbocycles. The molecule has 1 N–H and O–H groups in total. The second kappa shape index (κ2) is 5.61. The molecule has 0 saturated heterocycles. The van der Waals surface area contributed by atoms with Crippen LogP contribution in [0.5, 0.6) is 0 Å². The molecule has 0 amide bonds. The number of nitrogens with one attached hydrogen (secondary N) is 1. The molecule has 4 nitrogen and oxygen atoms in total. The number of halogens is 2. The van der Waals surface area contributed by atoms with Crippen LogP contribution in [0.25, 0.3) is 0 Å². The summed E-state index contributed by atoms with van der Waals surface area (Å²) in [6.07, 6.45) is -0.363. The average molecular weight is 284 g/mol. The van der Waals surface area contributed by atoms with Crippen molar-refractivity contribution in [3.8, 4) is 18.2 Å². The normalized spacial score (nSPS) is 15.8. The van der Waals surface area contributed by atoms with Crippen LogP contribution in [-0.4, -0.2) is 5.92 Å². The van der Waals surface area contributed by atoms with Crippen molar-refractivity contribution in [3.63, 3.8) is 0 Å². The number of rotatable bonds is 3. The lowest BCUT2D eigenvalue weighted by atomic mass is 9.77. The number of nitriles is 3. The van der Waals surface area contributed by atoms with Gasteiger partial charge in [-0.05, 0) is 23.6 Å². The molecule has 1 aliphatic carbocycles. The monoisotopic (exact) mass is 284 g/mol. The van der Waals surface area contributed by atoms with E-state index >= 15 is 0 Å². The lowest BCUT2D eigenvalue weighted by Crippen LogP contribution is -2.33. The Morgan fingerprint density at radius 2 is 1.81 bits per heavy atom. The summed E-state index contributed by atoms with van der Waals surface area (Å²) in [7, 11) is 0. The van der Waals surface area contributed by atoms with Gasteiger partial charge in [-0.2, -0.15) is 15.8 Å². The van der Waals surface area contributed by atoms with Gasteiger partial charge < -0.3 is 5.32 Å². The molecule has 1 aromatic rings. The highest BCUT2D eigenvalue weighted by Gasteiger charge is 2.45. The molecule has 1 aliphatic rings. The van der Waals surface area contributed by atoms with Gasteiger partial charge in [-0.25, -0.2) is 8.78 Å². The van der Waals surface area contributed by atoms with Crippen LogP contribution in [0.4, 0.5) is 14.5 Å². The highest BCUT2D eigenvalue weighted by atomic mass is 19.3. The molecule has 1 aromatic carbocycles. The zero-order valence-corrected chi connectivity index (χ0v) is 10.9. The van der Waals surface area contributed by atoms with Crippen molar-refractivity contribution in [3.05, 3.63) is 41.1 Å². The zero-order valence-electron chi connectivity index (χ0n) is 10.9. The van der Waals surface area contributed by atoms with Gasteiger partial charge in [-0.1, -0.05) is 12.1 Å². The highest BCUT2D eigenvalue weighted by Crippen LogP contribution is 2.48. The molecule has 0 aliphatic heterocycles. The van der Waals surface area contributed by atoms with Crippen LogP contribution in [0.15, 0.2) is 35.5 Å². The van der Waals surface area contributed by atoms with Crippen molar-refractivity contribution in [1.82, 2.24) is 0 Å². The minimum atomic E-state index is -2.60. The first-order valence-corrected chi connectivity index (χ1v) is 6.18. The van der Waals surface area contributed by atoms with Gasteiger partial charge in [0.1, 0.15) is 23.9 Å². The van der Waals surface area contributed by atoms with E-state index in [1.165, 1.54) is 0 Å². The summed E-state index contributed by atoms with van der Waals surface area (Å²) < 4.78 is 25.8. The predicted octanol–water partition coefficient (Wildman–Crippen LogP) is 3.44. The van der Waals surface area contributed by atoms with Crippen molar-refractivity contribution >= 4 is 5.69 Å². The number of allylic oxidation sites excluding steroid dienone is 2. The molecule has 0 unspecified atom stereocenters. The van der Waals surface area contributed by atoms with E-state index in [9.17, 15) is 8.78 Å². The molecular formula is C15H10F2N4. The first-order chi connectivity index (χ1) is 9.99. The van der Waals surface area contributed by atoms with E-state index in [0.29, 0.717) is 5.69 Å². The number of benzene rings is 1. The Hall–Kier alpha value is -2.91. The molecule has 0 radical (unpaired) electrons. The summed E-state index contributed by atoms with van der Waals surface area (Å²) in [4.78, 5) is 0. The molecule has 2 rings (SSSR count).